The number of rotatable bonds is 2. The third kappa shape index (κ3) is 2.87. The normalized spacial score (nSPS) is 23.6. The lowest BCUT2D eigenvalue weighted by Crippen LogP contribution is -2.47. The molecule has 0 aliphatic carbocycles. The number of sulfone groups is 1. The molecular weight excluding hydrogens is 262 g/mol. The highest BCUT2D eigenvalue weighted by Crippen LogP contribution is 2.19. The Labute approximate surface area is 106 Å². The molecule has 2 rings (SSSR count). The lowest BCUT2D eigenvalue weighted by molar-refractivity contribution is 0.566. The van der Waals surface area contributed by atoms with E-state index in [9.17, 15) is 8.42 Å². The highest BCUT2D eigenvalue weighted by Gasteiger charge is 2.29. The van der Waals surface area contributed by atoms with Gasteiger partial charge in [0.2, 0.25) is 0 Å². The Morgan fingerprint density at radius 3 is 2.94 bits per heavy atom. The Hall–Kier alpha value is -0.880. The molecule has 1 aliphatic heterocycles. The maximum Gasteiger partial charge on any atom is 0.154 e. The second-order valence-electron chi connectivity index (χ2n) is 4.16. The highest BCUT2D eigenvalue weighted by atomic mass is 35.5. The van der Waals surface area contributed by atoms with E-state index in [1.165, 1.54) is 0 Å². The molecule has 1 aromatic rings. The van der Waals surface area contributed by atoms with Crippen LogP contribution in [0.15, 0.2) is 12.4 Å². The molecule has 0 N–H and O–H groups in total. The van der Waals surface area contributed by atoms with E-state index in [1.54, 1.807) is 12.4 Å². The van der Waals surface area contributed by atoms with Crippen molar-refractivity contribution >= 4 is 27.3 Å². The SMILES string of the molecule is CC1CS(=O)(=O)CCN1c1cncc(CCl)n1. The average molecular weight is 276 g/mol. The Morgan fingerprint density at radius 2 is 2.29 bits per heavy atom. The van der Waals surface area contributed by atoms with Crippen LogP contribution in [0.2, 0.25) is 0 Å². The molecule has 0 spiro atoms. The van der Waals surface area contributed by atoms with Crippen LogP contribution in [0.1, 0.15) is 12.6 Å². The summed E-state index contributed by atoms with van der Waals surface area (Å²) in [5, 5.41) is 0. The summed E-state index contributed by atoms with van der Waals surface area (Å²) < 4.78 is 23.0. The van der Waals surface area contributed by atoms with Gasteiger partial charge < -0.3 is 4.90 Å². The first-order valence-electron chi connectivity index (χ1n) is 5.36. The zero-order valence-corrected chi connectivity index (χ0v) is 11.1. The number of halogens is 1. The van der Waals surface area contributed by atoms with Crippen LogP contribution in [-0.4, -0.2) is 42.5 Å². The van der Waals surface area contributed by atoms with Crippen LogP contribution in [0.4, 0.5) is 5.82 Å². The number of nitrogens with zero attached hydrogens (tertiary/aromatic N) is 3. The number of hydrogen-bond acceptors (Lipinski definition) is 5. The molecule has 5 nitrogen and oxygen atoms in total. The van der Waals surface area contributed by atoms with E-state index >= 15 is 0 Å². The molecule has 1 aliphatic rings. The summed E-state index contributed by atoms with van der Waals surface area (Å²) in [6, 6.07) is -0.0753. The molecule has 1 atom stereocenters. The predicted octanol–water partition coefficient (Wildman–Crippen LogP) is 0.839. The van der Waals surface area contributed by atoms with Gasteiger partial charge in [0.05, 0.1) is 29.3 Å². The van der Waals surface area contributed by atoms with E-state index in [2.05, 4.69) is 9.97 Å². The molecule has 17 heavy (non-hydrogen) atoms. The van der Waals surface area contributed by atoms with Gasteiger partial charge in [0, 0.05) is 18.8 Å². The molecule has 1 aromatic heterocycles. The molecule has 0 aromatic carbocycles. The Bertz CT molecular complexity index is 506. The molecule has 0 amide bonds. The van der Waals surface area contributed by atoms with E-state index in [4.69, 9.17) is 11.6 Å². The number of anilines is 1. The third-order valence-electron chi connectivity index (χ3n) is 2.77. The molecule has 94 valence electrons. The molecule has 0 saturated carbocycles. The maximum atomic E-state index is 11.5. The van der Waals surface area contributed by atoms with Crippen LogP contribution in [0.5, 0.6) is 0 Å². The molecule has 7 heteroatoms. The van der Waals surface area contributed by atoms with Gasteiger partial charge in [-0.05, 0) is 6.92 Å². The molecule has 1 unspecified atom stereocenters. The van der Waals surface area contributed by atoms with Gasteiger partial charge >= 0.3 is 0 Å². The van der Waals surface area contributed by atoms with Crippen molar-refractivity contribution in [3.05, 3.63) is 18.1 Å². The van der Waals surface area contributed by atoms with Crippen molar-refractivity contribution in [1.29, 1.82) is 0 Å². The molecule has 2 heterocycles. The van der Waals surface area contributed by atoms with E-state index < -0.39 is 9.84 Å². The Morgan fingerprint density at radius 1 is 1.53 bits per heavy atom. The van der Waals surface area contributed by atoms with Crippen molar-refractivity contribution in [2.24, 2.45) is 0 Å². The standard InChI is InChI=1S/C10H14ClN3O2S/c1-8-7-17(15,16)3-2-14(8)10-6-12-5-9(4-11)13-10/h5-6,8H,2-4,7H2,1H3. The van der Waals surface area contributed by atoms with Crippen molar-refractivity contribution in [2.75, 3.05) is 23.0 Å². The van der Waals surface area contributed by atoms with Gasteiger partial charge in [0.25, 0.3) is 0 Å². The van der Waals surface area contributed by atoms with Crippen molar-refractivity contribution in [1.82, 2.24) is 9.97 Å². The molecule has 0 bridgehead atoms. The minimum absolute atomic E-state index is 0.0753. The molecule has 1 fully saturated rings. The topological polar surface area (TPSA) is 63.2 Å². The molecule has 0 radical (unpaired) electrons. The summed E-state index contributed by atoms with van der Waals surface area (Å²) in [5.74, 6) is 1.34. The van der Waals surface area contributed by atoms with Crippen molar-refractivity contribution in [3.8, 4) is 0 Å². The van der Waals surface area contributed by atoms with Gasteiger partial charge in [-0.25, -0.2) is 13.4 Å². The maximum absolute atomic E-state index is 11.5. The monoisotopic (exact) mass is 275 g/mol. The Balaban J connectivity index is 2.23. The summed E-state index contributed by atoms with van der Waals surface area (Å²) in [6.07, 6.45) is 3.26. The summed E-state index contributed by atoms with van der Waals surface area (Å²) >= 11 is 5.70. The van der Waals surface area contributed by atoms with Gasteiger partial charge in [-0.15, -0.1) is 11.6 Å². The zero-order chi connectivity index (χ0) is 12.5. The van der Waals surface area contributed by atoms with Crippen LogP contribution in [-0.2, 0) is 15.7 Å². The number of hydrogen-bond donors (Lipinski definition) is 0. The van der Waals surface area contributed by atoms with Gasteiger partial charge in [-0.2, -0.15) is 0 Å². The average Bonchev–Trinajstić information content (AvgIpc) is 2.28. The Kier molecular flexibility index (Phi) is 3.53. The smallest absolute Gasteiger partial charge is 0.154 e. The minimum Gasteiger partial charge on any atom is -0.351 e. The predicted molar refractivity (Wildman–Crippen MR) is 67.1 cm³/mol. The first kappa shape index (κ1) is 12.6. The van der Waals surface area contributed by atoms with E-state index in [0.29, 0.717) is 23.9 Å². The fourth-order valence-electron chi connectivity index (χ4n) is 1.94. The van der Waals surface area contributed by atoms with Gasteiger partial charge in [0.1, 0.15) is 5.82 Å². The number of alkyl halides is 1. The van der Waals surface area contributed by atoms with Gasteiger partial charge in [-0.3, -0.25) is 4.98 Å². The van der Waals surface area contributed by atoms with Crippen LogP contribution >= 0.6 is 11.6 Å². The van der Waals surface area contributed by atoms with Crippen LogP contribution in [0, 0.1) is 0 Å². The van der Waals surface area contributed by atoms with Crippen LogP contribution in [0.3, 0.4) is 0 Å². The third-order valence-corrected chi connectivity index (χ3v) is 4.84. The summed E-state index contributed by atoms with van der Waals surface area (Å²) in [4.78, 5) is 10.4. The zero-order valence-electron chi connectivity index (χ0n) is 9.50. The summed E-state index contributed by atoms with van der Waals surface area (Å²) in [6.45, 7) is 2.34. The van der Waals surface area contributed by atoms with E-state index in [-0.39, 0.29) is 17.5 Å². The van der Waals surface area contributed by atoms with Crippen molar-refractivity contribution in [3.63, 3.8) is 0 Å². The van der Waals surface area contributed by atoms with Crippen LogP contribution in [0.25, 0.3) is 0 Å². The largest absolute Gasteiger partial charge is 0.351 e. The van der Waals surface area contributed by atoms with E-state index in [0.717, 1.165) is 0 Å². The first-order chi connectivity index (χ1) is 8.02. The second kappa shape index (κ2) is 4.78. The first-order valence-corrected chi connectivity index (χ1v) is 7.71. The van der Waals surface area contributed by atoms with Gasteiger partial charge in [0.15, 0.2) is 9.84 Å². The fourth-order valence-corrected chi connectivity index (χ4v) is 3.62. The highest BCUT2D eigenvalue weighted by molar-refractivity contribution is 7.91. The minimum atomic E-state index is -2.90. The summed E-state index contributed by atoms with van der Waals surface area (Å²) in [7, 11) is -2.90. The fraction of sp³-hybridized carbons (Fsp3) is 0.600. The van der Waals surface area contributed by atoms with E-state index in [1.807, 2.05) is 11.8 Å². The number of aromatic nitrogens is 2. The van der Waals surface area contributed by atoms with Crippen LogP contribution < -0.4 is 4.90 Å². The molecular formula is C10H14ClN3O2S. The van der Waals surface area contributed by atoms with Crippen molar-refractivity contribution < 1.29 is 8.42 Å². The van der Waals surface area contributed by atoms with Crippen molar-refractivity contribution in [2.45, 2.75) is 18.8 Å². The summed E-state index contributed by atoms with van der Waals surface area (Å²) in [5.41, 5.74) is 0.699. The molecule has 1 saturated heterocycles. The lowest BCUT2D eigenvalue weighted by atomic mass is 10.3. The lowest BCUT2D eigenvalue weighted by Gasteiger charge is -2.33. The van der Waals surface area contributed by atoms with Gasteiger partial charge in [-0.1, -0.05) is 0 Å². The quantitative estimate of drug-likeness (QED) is 0.749. The second-order valence-corrected chi connectivity index (χ2v) is 6.65.